The number of methoxy groups -OCH3 is 2. The third kappa shape index (κ3) is 3.51. The van der Waals surface area contributed by atoms with Gasteiger partial charge in [0.25, 0.3) is 0 Å². The summed E-state index contributed by atoms with van der Waals surface area (Å²) in [7, 11) is 3.30. The Morgan fingerprint density at radius 2 is 1.57 bits per heavy atom. The molecule has 0 spiro atoms. The number of aryl methyl sites for hydroxylation is 1. The fourth-order valence-corrected chi connectivity index (χ4v) is 2.46. The number of nitrogens with zero attached hydrogens (tertiary/aromatic N) is 1. The van der Waals surface area contributed by atoms with Crippen molar-refractivity contribution in [2.24, 2.45) is 0 Å². The van der Waals surface area contributed by atoms with Crippen molar-refractivity contribution in [3.63, 3.8) is 0 Å². The summed E-state index contributed by atoms with van der Waals surface area (Å²) < 4.78 is 10.6. The van der Waals surface area contributed by atoms with Crippen LogP contribution in [0.2, 0.25) is 0 Å². The second-order valence-electron chi connectivity index (χ2n) is 5.41. The predicted octanol–water partition coefficient (Wildman–Crippen LogP) is 4.73. The van der Waals surface area contributed by atoms with E-state index in [1.165, 1.54) is 5.56 Å². The molecule has 0 N–H and O–H groups in total. The van der Waals surface area contributed by atoms with E-state index in [4.69, 9.17) is 9.47 Å². The summed E-state index contributed by atoms with van der Waals surface area (Å²) in [6, 6.07) is 16.2. The quantitative estimate of drug-likeness (QED) is 0.698. The molecular weight excluding hydrogens is 286 g/mol. The topological polar surface area (TPSA) is 31.4 Å². The average molecular weight is 305 g/mol. The lowest BCUT2D eigenvalue weighted by molar-refractivity contribution is 0.394. The first-order chi connectivity index (χ1) is 11.2. The molecule has 1 aromatic heterocycles. The van der Waals surface area contributed by atoms with Crippen LogP contribution in [0.5, 0.6) is 11.5 Å². The fourth-order valence-electron chi connectivity index (χ4n) is 2.46. The van der Waals surface area contributed by atoms with Gasteiger partial charge in [-0.2, -0.15) is 0 Å². The van der Waals surface area contributed by atoms with E-state index in [0.717, 1.165) is 33.7 Å². The molecule has 23 heavy (non-hydrogen) atoms. The minimum atomic E-state index is 0.769. The fraction of sp³-hybridized carbons (Fsp3) is 0.150. The molecule has 0 fully saturated rings. The van der Waals surface area contributed by atoms with Gasteiger partial charge in [0.05, 0.1) is 25.4 Å². The number of rotatable bonds is 4. The van der Waals surface area contributed by atoms with Crippen molar-refractivity contribution in [1.82, 2.24) is 4.98 Å². The number of ether oxygens (including phenoxy) is 2. The zero-order valence-corrected chi connectivity index (χ0v) is 13.5. The van der Waals surface area contributed by atoms with Gasteiger partial charge in [-0.1, -0.05) is 23.8 Å². The third-order valence-corrected chi connectivity index (χ3v) is 3.69. The Morgan fingerprint density at radius 1 is 0.826 bits per heavy atom. The maximum atomic E-state index is 5.29. The normalized spacial score (nSPS) is 11.1. The number of hydrogen-bond donors (Lipinski definition) is 0. The zero-order valence-electron chi connectivity index (χ0n) is 13.5. The van der Waals surface area contributed by atoms with Gasteiger partial charge in [0.1, 0.15) is 11.5 Å². The van der Waals surface area contributed by atoms with Crippen LogP contribution in [-0.2, 0) is 0 Å². The molecule has 0 radical (unpaired) electrons. The van der Waals surface area contributed by atoms with Crippen LogP contribution >= 0.6 is 0 Å². The Kier molecular flexibility index (Phi) is 4.29. The van der Waals surface area contributed by atoms with E-state index in [0.29, 0.717) is 0 Å². The monoisotopic (exact) mass is 305 g/mol. The first kappa shape index (κ1) is 15.1. The Bertz CT molecular complexity index is 846. The number of fused-ring (bicyclic) bond motifs is 1. The summed E-state index contributed by atoms with van der Waals surface area (Å²) in [6.45, 7) is 2.09. The summed E-state index contributed by atoms with van der Waals surface area (Å²) >= 11 is 0. The summed E-state index contributed by atoms with van der Waals surface area (Å²) in [4.78, 5) is 4.67. The van der Waals surface area contributed by atoms with Gasteiger partial charge in [-0.25, -0.2) is 4.98 Å². The second kappa shape index (κ2) is 6.53. The highest BCUT2D eigenvalue weighted by Gasteiger charge is 2.00. The lowest BCUT2D eigenvalue weighted by Crippen LogP contribution is -1.88. The number of hydrogen-bond acceptors (Lipinski definition) is 3. The summed E-state index contributed by atoms with van der Waals surface area (Å²) in [6.07, 6.45) is 4.00. The van der Waals surface area contributed by atoms with Crippen LogP contribution in [0.4, 0.5) is 0 Å². The van der Waals surface area contributed by atoms with Crippen molar-refractivity contribution >= 4 is 23.1 Å². The van der Waals surface area contributed by atoms with Crippen molar-refractivity contribution in [3.8, 4) is 11.5 Å². The summed E-state index contributed by atoms with van der Waals surface area (Å²) in [5.74, 6) is 1.54. The van der Waals surface area contributed by atoms with E-state index >= 15 is 0 Å². The predicted molar refractivity (Wildman–Crippen MR) is 95.0 cm³/mol. The first-order valence-corrected chi connectivity index (χ1v) is 7.46. The highest BCUT2D eigenvalue weighted by Crippen LogP contribution is 2.24. The lowest BCUT2D eigenvalue weighted by atomic mass is 10.1. The maximum absolute atomic E-state index is 5.29. The highest BCUT2D eigenvalue weighted by molar-refractivity contribution is 5.81. The van der Waals surface area contributed by atoms with Gasteiger partial charge in [0, 0.05) is 11.5 Å². The van der Waals surface area contributed by atoms with Gasteiger partial charge in [-0.3, -0.25) is 0 Å². The SMILES string of the molecule is COc1cc(/C=C/c2ccc3cc(C)ccc3n2)cc(OC)c1. The second-order valence-corrected chi connectivity index (χ2v) is 5.41. The largest absolute Gasteiger partial charge is 0.497 e. The van der Waals surface area contributed by atoms with E-state index < -0.39 is 0 Å². The molecule has 3 aromatic rings. The third-order valence-electron chi connectivity index (χ3n) is 3.69. The van der Waals surface area contributed by atoms with Gasteiger partial charge >= 0.3 is 0 Å². The van der Waals surface area contributed by atoms with Crippen LogP contribution in [0.25, 0.3) is 23.1 Å². The molecule has 0 aliphatic heterocycles. The molecule has 3 rings (SSSR count). The van der Waals surface area contributed by atoms with Crippen molar-refractivity contribution < 1.29 is 9.47 Å². The van der Waals surface area contributed by atoms with Crippen molar-refractivity contribution in [1.29, 1.82) is 0 Å². The van der Waals surface area contributed by atoms with E-state index in [1.807, 2.05) is 36.4 Å². The molecule has 0 unspecified atom stereocenters. The van der Waals surface area contributed by atoms with Crippen LogP contribution in [0.1, 0.15) is 16.8 Å². The number of pyridine rings is 1. The van der Waals surface area contributed by atoms with Crippen molar-refractivity contribution in [2.45, 2.75) is 6.92 Å². The van der Waals surface area contributed by atoms with Crippen LogP contribution in [-0.4, -0.2) is 19.2 Å². The number of benzene rings is 2. The van der Waals surface area contributed by atoms with Crippen LogP contribution in [0.3, 0.4) is 0 Å². The number of aromatic nitrogens is 1. The molecule has 0 saturated carbocycles. The van der Waals surface area contributed by atoms with E-state index in [1.54, 1.807) is 14.2 Å². The van der Waals surface area contributed by atoms with Crippen LogP contribution in [0, 0.1) is 6.92 Å². The molecular formula is C20H19NO2. The summed E-state index contributed by atoms with van der Waals surface area (Å²) in [5, 5.41) is 1.16. The van der Waals surface area contributed by atoms with Crippen LogP contribution < -0.4 is 9.47 Å². The molecule has 0 atom stereocenters. The molecule has 3 heteroatoms. The molecule has 0 saturated heterocycles. The lowest BCUT2D eigenvalue weighted by Gasteiger charge is -2.06. The van der Waals surface area contributed by atoms with Crippen LogP contribution in [0.15, 0.2) is 48.5 Å². The van der Waals surface area contributed by atoms with Crippen molar-refractivity contribution in [3.05, 3.63) is 65.4 Å². The van der Waals surface area contributed by atoms with Gasteiger partial charge < -0.3 is 9.47 Å². The van der Waals surface area contributed by atoms with E-state index in [2.05, 4.69) is 36.2 Å². The van der Waals surface area contributed by atoms with Gasteiger partial charge in [-0.15, -0.1) is 0 Å². The highest BCUT2D eigenvalue weighted by atomic mass is 16.5. The smallest absolute Gasteiger partial charge is 0.123 e. The van der Waals surface area contributed by atoms with Gasteiger partial charge in [0.2, 0.25) is 0 Å². The zero-order chi connectivity index (χ0) is 16.2. The molecule has 0 aliphatic carbocycles. The minimum absolute atomic E-state index is 0.769. The average Bonchev–Trinajstić information content (AvgIpc) is 2.59. The first-order valence-electron chi connectivity index (χ1n) is 7.46. The molecule has 2 aromatic carbocycles. The van der Waals surface area contributed by atoms with E-state index in [-0.39, 0.29) is 0 Å². The Labute approximate surface area is 136 Å². The molecule has 1 heterocycles. The standard InChI is InChI=1S/C20H19NO2/c1-14-4-9-20-16(10-14)6-8-17(21-20)7-5-15-11-18(22-2)13-19(12-15)23-3/h4-13H,1-3H3/b7-5+. The molecule has 116 valence electrons. The van der Waals surface area contributed by atoms with Gasteiger partial charge in [0.15, 0.2) is 0 Å². The molecule has 0 aliphatic rings. The Hall–Kier alpha value is -2.81. The molecule has 0 bridgehead atoms. The Balaban J connectivity index is 1.91. The minimum Gasteiger partial charge on any atom is -0.497 e. The van der Waals surface area contributed by atoms with E-state index in [9.17, 15) is 0 Å². The molecule has 3 nitrogen and oxygen atoms in total. The Morgan fingerprint density at radius 3 is 2.26 bits per heavy atom. The van der Waals surface area contributed by atoms with Crippen molar-refractivity contribution in [2.75, 3.05) is 14.2 Å². The van der Waals surface area contributed by atoms with Gasteiger partial charge in [-0.05, 0) is 48.9 Å². The maximum Gasteiger partial charge on any atom is 0.123 e. The summed E-state index contributed by atoms with van der Waals surface area (Å²) in [5.41, 5.74) is 4.17. The molecule has 0 amide bonds.